The highest BCUT2D eigenvalue weighted by Crippen LogP contribution is 2.34. The summed E-state index contributed by atoms with van der Waals surface area (Å²) in [7, 11) is 0. The molecule has 0 saturated heterocycles. The Hall–Kier alpha value is -2.00. The molecule has 2 aliphatic heterocycles. The fraction of sp³-hybridized carbons (Fsp3) is 0.333. The molecular weight excluding hydrogens is 262 g/mol. The first-order chi connectivity index (χ1) is 10.3. The average molecular weight is 281 g/mol. The molecule has 0 aromatic heterocycles. The molecule has 2 N–H and O–H groups in total. The molecule has 3 nitrogen and oxygen atoms in total. The summed E-state index contributed by atoms with van der Waals surface area (Å²) in [5.74, 6) is 2.33. The van der Waals surface area contributed by atoms with Gasteiger partial charge in [0.05, 0.1) is 13.2 Å². The molecule has 2 unspecified atom stereocenters. The van der Waals surface area contributed by atoms with E-state index in [-0.39, 0.29) is 6.04 Å². The summed E-state index contributed by atoms with van der Waals surface area (Å²) in [6.07, 6.45) is 1.96. The van der Waals surface area contributed by atoms with Gasteiger partial charge in [-0.15, -0.1) is 0 Å². The molecule has 0 aliphatic carbocycles. The molecule has 0 bridgehead atoms. The zero-order valence-electron chi connectivity index (χ0n) is 11.9. The van der Waals surface area contributed by atoms with Crippen molar-refractivity contribution in [1.29, 1.82) is 0 Å². The molecule has 108 valence electrons. The molecule has 0 radical (unpaired) electrons. The van der Waals surface area contributed by atoms with E-state index in [0.29, 0.717) is 12.5 Å². The monoisotopic (exact) mass is 281 g/mol. The van der Waals surface area contributed by atoms with Gasteiger partial charge in [0.15, 0.2) is 0 Å². The van der Waals surface area contributed by atoms with E-state index in [2.05, 4.69) is 30.3 Å². The summed E-state index contributed by atoms with van der Waals surface area (Å²) < 4.78 is 11.4. The number of nitrogens with two attached hydrogens (primary N) is 1. The Bertz CT molecular complexity index is 668. The standard InChI is InChI=1S/C18H19NO2/c19-18(14-5-6-17-13(9-14)7-8-20-17)15-10-12-3-1-2-4-16(12)21-11-15/h1-6,9,15,18H,7-8,10-11,19H2. The molecule has 2 atom stereocenters. The molecule has 0 saturated carbocycles. The second-order valence-corrected chi connectivity index (χ2v) is 5.87. The van der Waals surface area contributed by atoms with Gasteiger partial charge in [0.25, 0.3) is 0 Å². The van der Waals surface area contributed by atoms with Crippen molar-refractivity contribution in [2.45, 2.75) is 18.9 Å². The van der Waals surface area contributed by atoms with Crippen LogP contribution in [0.3, 0.4) is 0 Å². The van der Waals surface area contributed by atoms with E-state index < -0.39 is 0 Å². The summed E-state index contributed by atoms with van der Waals surface area (Å²) in [5, 5.41) is 0. The van der Waals surface area contributed by atoms with Gasteiger partial charge >= 0.3 is 0 Å². The summed E-state index contributed by atoms with van der Waals surface area (Å²) in [4.78, 5) is 0. The van der Waals surface area contributed by atoms with E-state index in [1.807, 2.05) is 12.1 Å². The van der Waals surface area contributed by atoms with Gasteiger partial charge in [-0.3, -0.25) is 0 Å². The van der Waals surface area contributed by atoms with E-state index in [0.717, 1.165) is 30.9 Å². The number of benzene rings is 2. The average Bonchev–Trinajstić information content (AvgIpc) is 3.01. The molecule has 2 aromatic rings. The van der Waals surface area contributed by atoms with Gasteiger partial charge in [-0.1, -0.05) is 30.3 Å². The minimum absolute atomic E-state index is 0.00394. The van der Waals surface area contributed by atoms with Gasteiger partial charge in [0.1, 0.15) is 11.5 Å². The lowest BCUT2D eigenvalue weighted by molar-refractivity contribution is 0.200. The summed E-state index contributed by atoms with van der Waals surface area (Å²) >= 11 is 0. The second kappa shape index (κ2) is 5.08. The third-order valence-corrected chi connectivity index (χ3v) is 4.51. The molecule has 21 heavy (non-hydrogen) atoms. The lowest BCUT2D eigenvalue weighted by atomic mass is 9.86. The van der Waals surface area contributed by atoms with Crippen molar-refractivity contribution in [2.75, 3.05) is 13.2 Å². The minimum Gasteiger partial charge on any atom is -0.493 e. The highest BCUT2D eigenvalue weighted by molar-refractivity contribution is 5.41. The Morgan fingerprint density at radius 1 is 1.00 bits per heavy atom. The molecule has 0 amide bonds. The quantitative estimate of drug-likeness (QED) is 0.920. The van der Waals surface area contributed by atoms with E-state index >= 15 is 0 Å². The number of hydrogen-bond acceptors (Lipinski definition) is 3. The smallest absolute Gasteiger partial charge is 0.122 e. The van der Waals surface area contributed by atoms with E-state index in [1.165, 1.54) is 16.7 Å². The highest BCUT2D eigenvalue weighted by Gasteiger charge is 2.27. The predicted octanol–water partition coefficient (Wildman–Crippen LogP) is 2.87. The Balaban J connectivity index is 1.57. The van der Waals surface area contributed by atoms with Crippen molar-refractivity contribution in [2.24, 2.45) is 11.7 Å². The maximum atomic E-state index is 6.50. The van der Waals surface area contributed by atoms with Crippen molar-refractivity contribution in [3.05, 3.63) is 59.2 Å². The first-order valence-corrected chi connectivity index (χ1v) is 7.53. The van der Waals surface area contributed by atoms with Crippen LogP contribution < -0.4 is 15.2 Å². The van der Waals surface area contributed by atoms with Crippen LogP contribution in [0.4, 0.5) is 0 Å². The topological polar surface area (TPSA) is 44.5 Å². The molecule has 2 aliphatic rings. The van der Waals surface area contributed by atoms with Crippen LogP contribution in [-0.4, -0.2) is 13.2 Å². The van der Waals surface area contributed by atoms with Crippen LogP contribution in [0.25, 0.3) is 0 Å². The second-order valence-electron chi connectivity index (χ2n) is 5.87. The van der Waals surface area contributed by atoms with Crippen LogP contribution in [0.15, 0.2) is 42.5 Å². The van der Waals surface area contributed by atoms with Gasteiger partial charge in [-0.25, -0.2) is 0 Å². The van der Waals surface area contributed by atoms with Crippen molar-refractivity contribution in [1.82, 2.24) is 0 Å². The van der Waals surface area contributed by atoms with Gasteiger partial charge in [-0.05, 0) is 35.2 Å². The van der Waals surface area contributed by atoms with E-state index in [4.69, 9.17) is 15.2 Å². The van der Waals surface area contributed by atoms with Gasteiger partial charge in [0, 0.05) is 18.4 Å². The maximum absolute atomic E-state index is 6.50. The van der Waals surface area contributed by atoms with Crippen molar-refractivity contribution in [3.8, 4) is 11.5 Å². The van der Waals surface area contributed by atoms with Crippen LogP contribution in [0.1, 0.15) is 22.7 Å². The third-order valence-electron chi connectivity index (χ3n) is 4.51. The fourth-order valence-electron chi connectivity index (χ4n) is 3.27. The Kier molecular flexibility index (Phi) is 3.08. The van der Waals surface area contributed by atoms with Crippen LogP contribution in [0.2, 0.25) is 0 Å². The number of hydrogen-bond donors (Lipinski definition) is 1. The Morgan fingerprint density at radius 3 is 2.81 bits per heavy atom. The first kappa shape index (κ1) is 12.7. The van der Waals surface area contributed by atoms with Crippen LogP contribution >= 0.6 is 0 Å². The SMILES string of the molecule is NC(c1ccc2c(c1)CCO2)C1COc2ccccc2C1. The minimum atomic E-state index is 0.00394. The number of rotatable bonds is 2. The number of fused-ring (bicyclic) bond motifs is 2. The molecule has 3 heteroatoms. The molecule has 2 heterocycles. The number of ether oxygens (including phenoxy) is 2. The molecular formula is C18H19NO2. The summed E-state index contributed by atoms with van der Waals surface area (Å²) in [5.41, 5.74) is 10.2. The third kappa shape index (κ3) is 2.28. The summed E-state index contributed by atoms with van der Waals surface area (Å²) in [6.45, 7) is 1.47. The largest absolute Gasteiger partial charge is 0.493 e. The van der Waals surface area contributed by atoms with Gasteiger partial charge in [0.2, 0.25) is 0 Å². The van der Waals surface area contributed by atoms with Crippen molar-refractivity contribution in [3.63, 3.8) is 0 Å². The fourth-order valence-corrected chi connectivity index (χ4v) is 3.27. The Labute approximate surface area is 124 Å². The molecule has 0 spiro atoms. The zero-order valence-corrected chi connectivity index (χ0v) is 11.9. The molecule has 2 aromatic carbocycles. The van der Waals surface area contributed by atoms with Crippen LogP contribution in [0.5, 0.6) is 11.5 Å². The van der Waals surface area contributed by atoms with Gasteiger partial charge < -0.3 is 15.2 Å². The van der Waals surface area contributed by atoms with E-state index in [9.17, 15) is 0 Å². The number of para-hydroxylation sites is 1. The van der Waals surface area contributed by atoms with E-state index in [1.54, 1.807) is 0 Å². The Morgan fingerprint density at radius 2 is 1.86 bits per heavy atom. The van der Waals surface area contributed by atoms with Gasteiger partial charge in [-0.2, -0.15) is 0 Å². The van der Waals surface area contributed by atoms with Crippen molar-refractivity contribution < 1.29 is 9.47 Å². The predicted molar refractivity (Wildman–Crippen MR) is 81.7 cm³/mol. The normalized spacial score (nSPS) is 20.9. The van der Waals surface area contributed by atoms with Crippen LogP contribution in [0, 0.1) is 5.92 Å². The van der Waals surface area contributed by atoms with Crippen LogP contribution in [-0.2, 0) is 12.8 Å². The molecule has 0 fully saturated rings. The summed E-state index contributed by atoms with van der Waals surface area (Å²) in [6, 6.07) is 14.6. The lowest BCUT2D eigenvalue weighted by Gasteiger charge is -2.30. The maximum Gasteiger partial charge on any atom is 0.122 e. The highest BCUT2D eigenvalue weighted by atomic mass is 16.5. The first-order valence-electron chi connectivity index (χ1n) is 7.53. The lowest BCUT2D eigenvalue weighted by Crippen LogP contribution is -2.31. The molecule has 4 rings (SSSR count). The zero-order chi connectivity index (χ0) is 14.2. The van der Waals surface area contributed by atoms with Crippen molar-refractivity contribution >= 4 is 0 Å².